The first-order valence-corrected chi connectivity index (χ1v) is 11.6. The maximum Gasteiger partial charge on any atom is 0.194 e. The maximum atomic E-state index is 9.31. The van der Waals surface area contributed by atoms with Gasteiger partial charge in [0.25, 0.3) is 0 Å². The van der Waals surface area contributed by atoms with Crippen molar-refractivity contribution < 1.29 is 5.11 Å². The zero-order valence-corrected chi connectivity index (χ0v) is 21.2. The monoisotopic (exact) mass is 532 g/mol. The smallest absolute Gasteiger partial charge is 0.194 e. The zero-order chi connectivity index (χ0) is 20.0. The largest absolute Gasteiger partial charge is 0.396 e. The Labute approximate surface area is 197 Å². The molecule has 1 aromatic rings. The zero-order valence-electron chi connectivity index (χ0n) is 18.1. The van der Waals surface area contributed by atoms with E-state index in [0.717, 1.165) is 57.3 Å². The lowest BCUT2D eigenvalue weighted by atomic mass is 9.97. The molecule has 0 aliphatic carbocycles. The number of anilines is 1. The van der Waals surface area contributed by atoms with Crippen LogP contribution in [-0.2, 0) is 6.54 Å². The second-order valence-corrected chi connectivity index (χ2v) is 10.3. The molecule has 0 amide bonds. The van der Waals surface area contributed by atoms with E-state index >= 15 is 0 Å². The highest BCUT2D eigenvalue weighted by atomic mass is 127. The van der Waals surface area contributed by atoms with Crippen LogP contribution in [0.15, 0.2) is 29.3 Å². The summed E-state index contributed by atoms with van der Waals surface area (Å²) in [6.45, 7) is 12.9. The standard InChI is InChI=1S/C22H36N4OS.HI/c1-4-23-21(26-13-14-28-22(2,3)17-26)24-15-18-5-7-20(8-6-18)25-11-9-19(16-27)10-12-25;/h5-8,19,27H,4,9-17H2,1-3H3,(H,23,24);1H. The molecule has 2 aliphatic heterocycles. The molecule has 7 heteroatoms. The van der Waals surface area contributed by atoms with E-state index in [-0.39, 0.29) is 28.7 Å². The van der Waals surface area contributed by atoms with Crippen molar-refractivity contribution in [3.8, 4) is 0 Å². The molecule has 2 fully saturated rings. The van der Waals surface area contributed by atoms with E-state index in [9.17, 15) is 5.11 Å². The molecule has 2 aliphatic rings. The number of thioether (sulfide) groups is 1. The van der Waals surface area contributed by atoms with Gasteiger partial charge in [-0.25, -0.2) is 4.99 Å². The fraction of sp³-hybridized carbons (Fsp3) is 0.682. The molecule has 0 atom stereocenters. The predicted molar refractivity (Wildman–Crippen MR) is 137 cm³/mol. The van der Waals surface area contributed by atoms with Crippen LogP contribution < -0.4 is 10.2 Å². The summed E-state index contributed by atoms with van der Waals surface area (Å²) in [7, 11) is 0. The highest BCUT2D eigenvalue weighted by Gasteiger charge is 2.28. The summed E-state index contributed by atoms with van der Waals surface area (Å²) in [5.74, 6) is 2.66. The van der Waals surface area contributed by atoms with E-state index in [4.69, 9.17) is 4.99 Å². The number of aliphatic hydroxyl groups excluding tert-OH is 1. The summed E-state index contributed by atoms with van der Waals surface area (Å²) in [6.07, 6.45) is 2.16. The molecule has 2 heterocycles. The molecule has 0 spiro atoms. The van der Waals surface area contributed by atoms with Crippen molar-refractivity contribution in [2.45, 2.75) is 44.9 Å². The van der Waals surface area contributed by atoms with Crippen LogP contribution in [0.25, 0.3) is 0 Å². The summed E-state index contributed by atoms with van der Waals surface area (Å²) in [4.78, 5) is 9.75. The molecular formula is C22H37IN4OS. The van der Waals surface area contributed by atoms with Crippen molar-refractivity contribution in [3.05, 3.63) is 29.8 Å². The van der Waals surface area contributed by atoms with Gasteiger partial charge in [-0.2, -0.15) is 11.8 Å². The number of benzene rings is 1. The Hall–Kier alpha value is -0.670. The molecular weight excluding hydrogens is 495 g/mol. The number of hydrogen-bond donors (Lipinski definition) is 2. The van der Waals surface area contributed by atoms with Crippen LogP contribution in [0.2, 0.25) is 0 Å². The number of guanidine groups is 1. The summed E-state index contributed by atoms with van der Waals surface area (Å²) in [5, 5.41) is 12.8. The number of halogens is 1. The number of aliphatic imine (C=N–C) groups is 1. The molecule has 0 saturated carbocycles. The van der Waals surface area contributed by atoms with Crippen LogP contribution in [-0.4, -0.2) is 65.8 Å². The Morgan fingerprint density at radius 1 is 1.21 bits per heavy atom. The van der Waals surface area contributed by atoms with E-state index in [1.807, 2.05) is 11.8 Å². The Morgan fingerprint density at radius 3 is 2.48 bits per heavy atom. The molecule has 0 radical (unpaired) electrons. The average molecular weight is 533 g/mol. The summed E-state index contributed by atoms with van der Waals surface area (Å²) >= 11 is 2.05. The van der Waals surface area contributed by atoms with Gasteiger partial charge in [-0.15, -0.1) is 24.0 Å². The fourth-order valence-electron chi connectivity index (χ4n) is 3.98. The number of aliphatic hydroxyl groups is 1. The lowest BCUT2D eigenvalue weighted by Crippen LogP contribution is -2.50. The number of nitrogens with one attached hydrogen (secondary N) is 1. The van der Waals surface area contributed by atoms with E-state index in [1.165, 1.54) is 11.3 Å². The number of rotatable bonds is 5. The first-order chi connectivity index (χ1) is 13.5. The van der Waals surface area contributed by atoms with Gasteiger partial charge < -0.3 is 20.2 Å². The van der Waals surface area contributed by atoms with Gasteiger partial charge in [-0.05, 0) is 57.2 Å². The number of piperidine rings is 1. The van der Waals surface area contributed by atoms with Gasteiger partial charge in [-0.1, -0.05) is 12.1 Å². The molecule has 0 aromatic heterocycles. The molecule has 3 rings (SSSR count). The molecule has 0 bridgehead atoms. The van der Waals surface area contributed by atoms with Gasteiger partial charge in [-0.3, -0.25) is 0 Å². The number of nitrogens with zero attached hydrogens (tertiary/aromatic N) is 3. The minimum atomic E-state index is 0. The van der Waals surface area contributed by atoms with E-state index in [2.05, 4.69) is 60.2 Å². The van der Waals surface area contributed by atoms with Gasteiger partial charge in [0.05, 0.1) is 6.54 Å². The topological polar surface area (TPSA) is 51.1 Å². The summed E-state index contributed by atoms with van der Waals surface area (Å²) in [5.41, 5.74) is 2.53. The van der Waals surface area contributed by atoms with Crippen LogP contribution in [0.5, 0.6) is 0 Å². The van der Waals surface area contributed by atoms with Gasteiger partial charge in [0, 0.05) is 55.5 Å². The van der Waals surface area contributed by atoms with E-state index in [0.29, 0.717) is 19.1 Å². The van der Waals surface area contributed by atoms with Gasteiger partial charge in [0.2, 0.25) is 0 Å². The Bertz CT molecular complexity index is 645. The highest BCUT2D eigenvalue weighted by Crippen LogP contribution is 2.29. The van der Waals surface area contributed by atoms with E-state index in [1.54, 1.807) is 0 Å². The van der Waals surface area contributed by atoms with Crippen molar-refractivity contribution in [2.24, 2.45) is 10.9 Å². The van der Waals surface area contributed by atoms with Crippen molar-refractivity contribution in [2.75, 3.05) is 50.0 Å². The minimum Gasteiger partial charge on any atom is -0.396 e. The predicted octanol–water partition coefficient (Wildman–Crippen LogP) is 3.81. The third kappa shape index (κ3) is 7.21. The van der Waals surface area contributed by atoms with Gasteiger partial charge in [0.15, 0.2) is 5.96 Å². The first kappa shape index (κ1) is 24.6. The normalized spacial score (nSPS) is 20.3. The third-order valence-corrected chi connectivity index (χ3v) is 6.94. The SMILES string of the molecule is CCNC(=NCc1ccc(N2CCC(CO)CC2)cc1)N1CCSC(C)(C)C1.I. The quantitative estimate of drug-likeness (QED) is 0.343. The molecule has 29 heavy (non-hydrogen) atoms. The van der Waals surface area contributed by atoms with E-state index < -0.39 is 0 Å². The summed E-state index contributed by atoms with van der Waals surface area (Å²) in [6, 6.07) is 8.85. The third-order valence-electron chi connectivity index (χ3n) is 5.65. The molecule has 164 valence electrons. The maximum absolute atomic E-state index is 9.31. The number of hydrogen-bond acceptors (Lipinski definition) is 4. The Kier molecular flexibility index (Phi) is 9.88. The molecule has 1 aromatic carbocycles. The van der Waals surface area contributed by atoms with Crippen molar-refractivity contribution in [1.82, 2.24) is 10.2 Å². The molecule has 2 saturated heterocycles. The highest BCUT2D eigenvalue weighted by molar-refractivity contribution is 14.0. The van der Waals surface area contributed by atoms with Crippen molar-refractivity contribution in [1.29, 1.82) is 0 Å². The van der Waals surface area contributed by atoms with Crippen LogP contribution in [0.4, 0.5) is 5.69 Å². The second kappa shape index (κ2) is 11.6. The Balaban J connectivity index is 0.00000300. The minimum absolute atomic E-state index is 0. The van der Waals surface area contributed by atoms with Gasteiger partial charge >= 0.3 is 0 Å². The average Bonchev–Trinajstić information content (AvgIpc) is 2.71. The molecule has 0 unspecified atom stereocenters. The molecule has 5 nitrogen and oxygen atoms in total. The van der Waals surface area contributed by atoms with Gasteiger partial charge in [0.1, 0.15) is 0 Å². The summed E-state index contributed by atoms with van der Waals surface area (Å²) < 4.78 is 0.277. The second-order valence-electron chi connectivity index (χ2n) is 8.48. The Morgan fingerprint density at radius 2 is 1.90 bits per heavy atom. The van der Waals surface area contributed by atoms with Crippen LogP contribution in [0.3, 0.4) is 0 Å². The van der Waals surface area contributed by atoms with Crippen LogP contribution in [0.1, 0.15) is 39.2 Å². The molecule has 2 N–H and O–H groups in total. The van der Waals surface area contributed by atoms with Crippen molar-refractivity contribution >= 4 is 47.4 Å². The lowest BCUT2D eigenvalue weighted by Gasteiger charge is -2.39. The first-order valence-electron chi connectivity index (χ1n) is 10.6. The lowest BCUT2D eigenvalue weighted by molar-refractivity contribution is 0.203. The fourth-order valence-corrected chi connectivity index (χ4v) is 5.09. The van der Waals surface area contributed by atoms with Crippen molar-refractivity contribution in [3.63, 3.8) is 0 Å². The van der Waals surface area contributed by atoms with Crippen LogP contribution >= 0.6 is 35.7 Å². The van der Waals surface area contributed by atoms with Crippen LogP contribution in [0, 0.1) is 5.92 Å².